The van der Waals surface area contributed by atoms with Gasteiger partial charge in [-0.25, -0.2) is 8.42 Å². The molecule has 0 unspecified atom stereocenters. The van der Waals surface area contributed by atoms with Crippen LogP contribution in [0.25, 0.3) is 0 Å². The van der Waals surface area contributed by atoms with E-state index < -0.39 is 15.6 Å². The summed E-state index contributed by atoms with van der Waals surface area (Å²) in [5.41, 5.74) is -0.852. The molecule has 0 atom stereocenters. The molecule has 8 heteroatoms. The van der Waals surface area contributed by atoms with Gasteiger partial charge < -0.3 is 9.80 Å². The number of sulfonamides is 1. The summed E-state index contributed by atoms with van der Waals surface area (Å²) < 4.78 is 26.7. The highest BCUT2D eigenvalue weighted by Crippen LogP contribution is 2.15. The van der Waals surface area contributed by atoms with Crippen molar-refractivity contribution in [1.29, 1.82) is 5.26 Å². The molecule has 1 amide bonds. The van der Waals surface area contributed by atoms with E-state index in [0.717, 1.165) is 4.90 Å². The lowest BCUT2D eigenvalue weighted by Gasteiger charge is -2.34. The van der Waals surface area contributed by atoms with Gasteiger partial charge >= 0.3 is 0 Å². The summed E-state index contributed by atoms with van der Waals surface area (Å²) >= 11 is 0. The maximum Gasteiger partial charge on any atom is 0.278 e. The fourth-order valence-electron chi connectivity index (χ4n) is 2.68. The van der Waals surface area contributed by atoms with E-state index in [1.807, 2.05) is 0 Å². The predicted molar refractivity (Wildman–Crippen MR) is 93.2 cm³/mol. The number of carbonyl (C=O) groups is 1. The van der Waals surface area contributed by atoms with Crippen molar-refractivity contribution < 1.29 is 18.1 Å². The van der Waals surface area contributed by atoms with Gasteiger partial charge in [0.05, 0.1) is 37.1 Å². The number of piperazine rings is 1. The van der Waals surface area contributed by atoms with Crippen LogP contribution in [0.2, 0.25) is 0 Å². The highest BCUT2D eigenvalue weighted by Gasteiger charge is 2.33. The number of carbonyl (C=O) groups excluding carboxylic acids is 1. The molecule has 1 aromatic carbocycles. The third-order valence-electron chi connectivity index (χ3n) is 4.70. The Bertz CT molecular complexity index is 748. The monoisotopic (exact) mass is 365 g/mol. The number of likely N-dealkylation sites (N-methyl/N-ethyl adjacent to an activating group) is 1. The number of amides is 1. The van der Waals surface area contributed by atoms with Gasteiger partial charge in [-0.1, -0.05) is 18.2 Å². The third kappa shape index (κ3) is 4.37. The van der Waals surface area contributed by atoms with Gasteiger partial charge in [0.1, 0.15) is 5.54 Å². The zero-order valence-electron chi connectivity index (χ0n) is 14.9. The van der Waals surface area contributed by atoms with Gasteiger partial charge in [-0.05, 0) is 26.0 Å². The molecule has 1 aromatic rings. The highest BCUT2D eigenvalue weighted by molar-refractivity contribution is 7.89. The largest absolute Gasteiger partial charge is 0.325 e. The van der Waals surface area contributed by atoms with Gasteiger partial charge in [-0.15, -0.1) is 0 Å². The molecule has 0 bridgehead atoms. The fourth-order valence-corrected chi connectivity index (χ4v) is 4.14. The Balaban J connectivity index is 1.94. The Morgan fingerprint density at radius 2 is 1.84 bits per heavy atom. The number of hydrogen-bond donors (Lipinski definition) is 1. The zero-order chi connectivity index (χ0) is 18.7. The molecule has 0 radical (unpaired) electrons. The van der Waals surface area contributed by atoms with Gasteiger partial charge in [-0.3, -0.25) is 4.79 Å². The first-order valence-electron chi connectivity index (χ1n) is 8.25. The average Bonchev–Trinajstić information content (AvgIpc) is 2.62. The molecular weight excluding hydrogens is 340 g/mol. The molecule has 1 heterocycles. The number of nitrogens with one attached hydrogen (secondary N) is 1. The molecule has 0 saturated carbocycles. The number of nitriles is 1. The minimum atomic E-state index is -3.48. The quantitative estimate of drug-likeness (QED) is 0.750. The third-order valence-corrected chi connectivity index (χ3v) is 6.61. The van der Waals surface area contributed by atoms with Crippen molar-refractivity contribution in [2.75, 3.05) is 39.8 Å². The lowest BCUT2D eigenvalue weighted by atomic mass is 10.1. The van der Waals surface area contributed by atoms with E-state index in [1.54, 1.807) is 51.2 Å². The second kappa shape index (κ2) is 7.52. The minimum Gasteiger partial charge on any atom is -0.325 e. The first kappa shape index (κ1) is 19.4. The summed E-state index contributed by atoms with van der Waals surface area (Å²) in [7, 11) is -1.85. The topological polar surface area (TPSA) is 85.9 Å². The molecule has 1 fully saturated rings. The fraction of sp³-hybridized carbons (Fsp3) is 0.529. The first-order chi connectivity index (χ1) is 11.7. The number of hydrogen-bond acceptors (Lipinski definition) is 4. The number of rotatable bonds is 5. The summed E-state index contributed by atoms with van der Waals surface area (Å²) in [5.74, 6) is -0.110. The van der Waals surface area contributed by atoms with Crippen LogP contribution in [0.4, 0.5) is 0 Å². The van der Waals surface area contributed by atoms with Crippen LogP contribution in [0.5, 0.6) is 0 Å². The van der Waals surface area contributed by atoms with E-state index in [9.17, 15) is 13.2 Å². The van der Waals surface area contributed by atoms with E-state index in [-0.39, 0.29) is 12.5 Å². The normalized spacial score (nSPS) is 17.0. The lowest BCUT2D eigenvalue weighted by Crippen LogP contribution is -3.15. The minimum absolute atomic E-state index is 0.110. The molecule has 0 aromatic heterocycles. The van der Waals surface area contributed by atoms with Crippen molar-refractivity contribution in [3.8, 4) is 6.07 Å². The Hall–Kier alpha value is -1.95. The Labute approximate surface area is 149 Å². The molecule has 0 spiro atoms. The molecule has 0 aliphatic carbocycles. The van der Waals surface area contributed by atoms with Crippen molar-refractivity contribution in [1.82, 2.24) is 9.21 Å². The van der Waals surface area contributed by atoms with Gasteiger partial charge in [0.25, 0.3) is 5.91 Å². The second-order valence-corrected chi connectivity index (χ2v) is 8.71. The van der Waals surface area contributed by atoms with Crippen LogP contribution >= 0.6 is 0 Å². The van der Waals surface area contributed by atoms with Crippen LogP contribution in [0, 0.1) is 11.3 Å². The Morgan fingerprint density at radius 3 is 2.36 bits per heavy atom. The van der Waals surface area contributed by atoms with Gasteiger partial charge in [-0.2, -0.15) is 9.57 Å². The molecule has 1 saturated heterocycles. The van der Waals surface area contributed by atoms with Crippen LogP contribution in [0.15, 0.2) is 35.2 Å². The SMILES string of the molecule is CN(C(=O)C[NH+]1CCN(S(=O)(=O)c2ccccc2)CC1)C(C)(C)C#N. The Kier molecular flexibility index (Phi) is 5.83. The van der Waals surface area contributed by atoms with Gasteiger partial charge in [0.2, 0.25) is 10.0 Å². The van der Waals surface area contributed by atoms with Crippen molar-refractivity contribution in [3.05, 3.63) is 30.3 Å². The predicted octanol–water partition coefficient (Wildman–Crippen LogP) is -0.664. The molecule has 1 aliphatic rings. The van der Waals surface area contributed by atoms with Crippen LogP contribution in [0.1, 0.15) is 13.8 Å². The molecule has 7 nitrogen and oxygen atoms in total. The molecular formula is C17H25N4O3S+. The van der Waals surface area contributed by atoms with Crippen molar-refractivity contribution in [2.45, 2.75) is 24.3 Å². The number of quaternary nitrogens is 1. The molecule has 2 rings (SSSR count). The van der Waals surface area contributed by atoms with Gasteiger partial charge in [0, 0.05) is 7.05 Å². The average molecular weight is 365 g/mol. The van der Waals surface area contributed by atoms with Crippen molar-refractivity contribution in [2.24, 2.45) is 0 Å². The van der Waals surface area contributed by atoms with Crippen LogP contribution in [-0.2, 0) is 14.8 Å². The summed E-state index contributed by atoms with van der Waals surface area (Å²) in [4.78, 5) is 15.1. The Morgan fingerprint density at radius 1 is 1.28 bits per heavy atom. The van der Waals surface area contributed by atoms with Crippen LogP contribution in [0.3, 0.4) is 0 Å². The van der Waals surface area contributed by atoms with Crippen LogP contribution in [-0.4, -0.2) is 68.8 Å². The number of nitrogens with zero attached hydrogens (tertiary/aromatic N) is 3. The second-order valence-electron chi connectivity index (χ2n) is 6.77. The van der Waals surface area contributed by atoms with E-state index in [2.05, 4.69) is 6.07 Å². The molecule has 1 aliphatic heterocycles. The summed E-state index contributed by atoms with van der Waals surface area (Å²) in [6.45, 7) is 5.56. The van der Waals surface area contributed by atoms with E-state index >= 15 is 0 Å². The molecule has 25 heavy (non-hydrogen) atoms. The van der Waals surface area contributed by atoms with Crippen molar-refractivity contribution >= 4 is 15.9 Å². The van der Waals surface area contributed by atoms with E-state index in [4.69, 9.17) is 5.26 Å². The van der Waals surface area contributed by atoms with E-state index in [0.29, 0.717) is 31.1 Å². The highest BCUT2D eigenvalue weighted by atomic mass is 32.2. The smallest absolute Gasteiger partial charge is 0.278 e. The lowest BCUT2D eigenvalue weighted by molar-refractivity contribution is -0.896. The summed E-state index contributed by atoms with van der Waals surface area (Å²) in [6, 6.07) is 10.5. The maximum atomic E-state index is 12.6. The molecule has 1 N–H and O–H groups in total. The molecule has 136 valence electrons. The number of benzene rings is 1. The zero-order valence-corrected chi connectivity index (χ0v) is 15.7. The summed E-state index contributed by atoms with van der Waals surface area (Å²) in [5, 5.41) is 9.13. The van der Waals surface area contributed by atoms with Crippen LogP contribution < -0.4 is 4.90 Å². The summed E-state index contributed by atoms with van der Waals surface area (Å²) in [6.07, 6.45) is 0. The van der Waals surface area contributed by atoms with Crippen molar-refractivity contribution in [3.63, 3.8) is 0 Å². The standard InChI is InChI=1S/C17H24N4O3S/c1-17(2,14-18)19(3)16(22)13-20-9-11-21(12-10-20)25(23,24)15-7-5-4-6-8-15/h4-8H,9-13H2,1-3H3/p+1. The van der Waals surface area contributed by atoms with E-state index in [1.165, 1.54) is 9.21 Å². The van der Waals surface area contributed by atoms with Gasteiger partial charge in [0.15, 0.2) is 6.54 Å². The maximum absolute atomic E-state index is 12.6. The first-order valence-corrected chi connectivity index (χ1v) is 9.69.